The molecule has 0 aromatic heterocycles. The van der Waals surface area contributed by atoms with Gasteiger partial charge in [-0.15, -0.1) is 0 Å². The van der Waals surface area contributed by atoms with Gasteiger partial charge < -0.3 is 9.84 Å². The minimum atomic E-state index is -1.24. The Hall–Kier alpha value is -1.46. The van der Waals surface area contributed by atoms with Gasteiger partial charge in [-0.1, -0.05) is 6.07 Å². The van der Waals surface area contributed by atoms with Gasteiger partial charge in [-0.2, -0.15) is 0 Å². The van der Waals surface area contributed by atoms with Crippen LogP contribution in [0.25, 0.3) is 0 Å². The molecule has 17 heavy (non-hydrogen) atoms. The fraction of sp³-hybridized carbons (Fsp3) is 0.417. The summed E-state index contributed by atoms with van der Waals surface area (Å²) in [6, 6.07) is 4.26. The first-order chi connectivity index (χ1) is 8.16. The maximum absolute atomic E-state index is 13.4. The number of hydrogen-bond acceptors (Lipinski definition) is 3. The molecule has 1 heterocycles. The van der Waals surface area contributed by atoms with E-state index in [1.807, 2.05) is 0 Å². The van der Waals surface area contributed by atoms with Gasteiger partial charge in [-0.3, -0.25) is 4.90 Å². The van der Waals surface area contributed by atoms with Gasteiger partial charge in [0.2, 0.25) is 0 Å². The summed E-state index contributed by atoms with van der Waals surface area (Å²) in [6.45, 7) is 3.65. The molecule has 4 nitrogen and oxygen atoms in total. The Morgan fingerprint density at radius 1 is 1.41 bits per heavy atom. The molecule has 0 aliphatic carbocycles. The van der Waals surface area contributed by atoms with Crippen LogP contribution in [0.5, 0.6) is 0 Å². The van der Waals surface area contributed by atoms with E-state index >= 15 is 0 Å². The lowest BCUT2D eigenvalue weighted by Crippen LogP contribution is -2.35. The standard InChI is InChI=1S/C12H14FNO3/c13-11-7-9(1-2-10(11)12(15)16)8-14-3-5-17-6-4-14/h1-2,7H,3-6,8H2,(H,15,16). The number of nitrogens with zero attached hydrogens (tertiary/aromatic N) is 1. The summed E-state index contributed by atoms with van der Waals surface area (Å²) < 4.78 is 18.6. The van der Waals surface area contributed by atoms with E-state index in [9.17, 15) is 9.18 Å². The average molecular weight is 239 g/mol. The summed E-state index contributed by atoms with van der Waals surface area (Å²) in [7, 11) is 0. The zero-order valence-electron chi connectivity index (χ0n) is 9.36. The molecule has 5 heteroatoms. The van der Waals surface area contributed by atoms with Crippen LogP contribution in [0.2, 0.25) is 0 Å². The van der Waals surface area contributed by atoms with Crippen LogP contribution in [-0.2, 0) is 11.3 Å². The first kappa shape index (κ1) is 12.0. The summed E-state index contributed by atoms with van der Waals surface area (Å²) in [5, 5.41) is 8.71. The van der Waals surface area contributed by atoms with Gasteiger partial charge >= 0.3 is 5.97 Å². The highest BCUT2D eigenvalue weighted by Gasteiger charge is 2.14. The first-order valence-electron chi connectivity index (χ1n) is 5.48. The molecule has 1 fully saturated rings. The van der Waals surface area contributed by atoms with Gasteiger partial charge in [0, 0.05) is 19.6 Å². The Bertz CT molecular complexity index is 416. The van der Waals surface area contributed by atoms with E-state index in [1.165, 1.54) is 12.1 Å². The molecule has 1 N–H and O–H groups in total. The summed E-state index contributed by atoms with van der Waals surface area (Å²) in [5.41, 5.74) is 0.505. The number of carbonyl (C=O) groups is 1. The largest absolute Gasteiger partial charge is 0.478 e. The van der Waals surface area contributed by atoms with Crippen molar-refractivity contribution in [1.82, 2.24) is 4.90 Å². The Morgan fingerprint density at radius 2 is 2.12 bits per heavy atom. The molecular weight excluding hydrogens is 225 g/mol. The number of halogens is 1. The summed E-state index contributed by atoms with van der Waals surface area (Å²) >= 11 is 0. The van der Waals surface area contributed by atoms with Gasteiger partial charge in [0.1, 0.15) is 5.82 Å². The third-order valence-electron chi connectivity index (χ3n) is 2.77. The predicted octanol–water partition coefficient (Wildman–Crippen LogP) is 1.36. The van der Waals surface area contributed by atoms with Crippen LogP contribution in [0.15, 0.2) is 18.2 Å². The van der Waals surface area contributed by atoms with Gasteiger partial charge in [-0.25, -0.2) is 9.18 Å². The van der Waals surface area contributed by atoms with E-state index in [0.717, 1.165) is 18.7 Å². The summed E-state index contributed by atoms with van der Waals surface area (Å²) in [5.74, 6) is -1.91. The minimum absolute atomic E-state index is 0.282. The second-order valence-electron chi connectivity index (χ2n) is 4.01. The molecule has 0 bridgehead atoms. The van der Waals surface area contributed by atoms with Crippen LogP contribution in [0.1, 0.15) is 15.9 Å². The Kier molecular flexibility index (Phi) is 3.71. The zero-order chi connectivity index (χ0) is 12.3. The van der Waals surface area contributed by atoms with Crippen molar-refractivity contribution < 1.29 is 19.0 Å². The van der Waals surface area contributed by atoms with E-state index in [4.69, 9.17) is 9.84 Å². The molecule has 2 rings (SSSR count). The van der Waals surface area contributed by atoms with Crippen molar-refractivity contribution in [3.8, 4) is 0 Å². The van der Waals surface area contributed by atoms with E-state index in [2.05, 4.69) is 4.90 Å². The minimum Gasteiger partial charge on any atom is -0.478 e. The zero-order valence-corrected chi connectivity index (χ0v) is 9.36. The van der Waals surface area contributed by atoms with Crippen LogP contribution in [0, 0.1) is 5.82 Å². The third-order valence-corrected chi connectivity index (χ3v) is 2.77. The van der Waals surface area contributed by atoms with Crippen molar-refractivity contribution >= 4 is 5.97 Å². The van der Waals surface area contributed by atoms with Crippen molar-refractivity contribution in [3.63, 3.8) is 0 Å². The molecule has 0 atom stereocenters. The second-order valence-corrected chi connectivity index (χ2v) is 4.01. The van der Waals surface area contributed by atoms with Crippen molar-refractivity contribution in [2.24, 2.45) is 0 Å². The van der Waals surface area contributed by atoms with Crippen LogP contribution >= 0.6 is 0 Å². The maximum Gasteiger partial charge on any atom is 0.338 e. The molecule has 0 spiro atoms. The molecule has 0 unspecified atom stereocenters. The molecule has 0 saturated carbocycles. The highest BCUT2D eigenvalue weighted by molar-refractivity contribution is 5.87. The number of carboxylic acid groups (broad SMARTS) is 1. The number of ether oxygens (including phenoxy) is 1. The number of benzene rings is 1. The van der Waals surface area contributed by atoms with Crippen molar-refractivity contribution in [1.29, 1.82) is 0 Å². The van der Waals surface area contributed by atoms with Gasteiger partial charge in [-0.05, 0) is 17.7 Å². The Balaban J connectivity index is 2.06. The highest BCUT2D eigenvalue weighted by Crippen LogP contribution is 2.13. The highest BCUT2D eigenvalue weighted by atomic mass is 19.1. The molecule has 92 valence electrons. The fourth-order valence-electron chi connectivity index (χ4n) is 1.85. The van der Waals surface area contributed by atoms with Crippen LogP contribution in [0.3, 0.4) is 0 Å². The monoisotopic (exact) mass is 239 g/mol. The van der Waals surface area contributed by atoms with Gasteiger partial charge in [0.25, 0.3) is 0 Å². The number of morpholine rings is 1. The molecule has 1 aliphatic rings. The number of aromatic carboxylic acids is 1. The van der Waals surface area contributed by atoms with E-state index < -0.39 is 11.8 Å². The Labute approximate surface area is 98.6 Å². The third kappa shape index (κ3) is 3.01. The SMILES string of the molecule is O=C(O)c1ccc(CN2CCOCC2)cc1F. The quantitative estimate of drug-likeness (QED) is 0.865. The van der Waals surface area contributed by atoms with E-state index in [1.54, 1.807) is 6.07 Å². The Morgan fingerprint density at radius 3 is 2.71 bits per heavy atom. The normalized spacial score (nSPS) is 17.0. The van der Waals surface area contributed by atoms with Gasteiger partial charge in [0.05, 0.1) is 18.8 Å². The lowest BCUT2D eigenvalue weighted by Gasteiger charge is -2.26. The fourth-order valence-corrected chi connectivity index (χ4v) is 1.85. The first-order valence-corrected chi connectivity index (χ1v) is 5.48. The molecule has 0 amide bonds. The van der Waals surface area contributed by atoms with Crippen molar-refractivity contribution in [2.75, 3.05) is 26.3 Å². The molecule has 1 saturated heterocycles. The number of hydrogen-bond donors (Lipinski definition) is 1. The van der Waals surface area contributed by atoms with Crippen molar-refractivity contribution in [3.05, 3.63) is 35.1 Å². The molecule has 1 aromatic carbocycles. The second kappa shape index (κ2) is 5.25. The topological polar surface area (TPSA) is 49.8 Å². The molecular formula is C12H14FNO3. The van der Waals surface area contributed by atoms with Crippen molar-refractivity contribution in [2.45, 2.75) is 6.54 Å². The lowest BCUT2D eigenvalue weighted by atomic mass is 10.1. The van der Waals surface area contributed by atoms with Gasteiger partial charge in [0.15, 0.2) is 0 Å². The van der Waals surface area contributed by atoms with Crippen LogP contribution in [0.4, 0.5) is 4.39 Å². The van der Waals surface area contributed by atoms with E-state index in [-0.39, 0.29) is 5.56 Å². The molecule has 1 aliphatic heterocycles. The van der Waals surface area contributed by atoms with E-state index in [0.29, 0.717) is 19.8 Å². The number of carboxylic acids is 1. The summed E-state index contributed by atoms with van der Waals surface area (Å²) in [6.07, 6.45) is 0. The number of rotatable bonds is 3. The summed E-state index contributed by atoms with van der Waals surface area (Å²) in [4.78, 5) is 12.8. The van der Waals surface area contributed by atoms with Crippen LogP contribution < -0.4 is 0 Å². The predicted molar refractivity (Wildman–Crippen MR) is 59.5 cm³/mol. The maximum atomic E-state index is 13.4. The molecule has 0 radical (unpaired) electrons. The smallest absolute Gasteiger partial charge is 0.338 e. The average Bonchev–Trinajstić information content (AvgIpc) is 2.30. The lowest BCUT2D eigenvalue weighted by molar-refractivity contribution is 0.0341. The molecule has 1 aromatic rings. The van der Waals surface area contributed by atoms with Crippen LogP contribution in [-0.4, -0.2) is 42.3 Å².